The van der Waals surface area contributed by atoms with E-state index in [0.29, 0.717) is 29.8 Å². The number of halogens is 2. The van der Waals surface area contributed by atoms with Gasteiger partial charge in [-0.15, -0.1) is 0 Å². The van der Waals surface area contributed by atoms with Crippen LogP contribution in [0.1, 0.15) is 24.0 Å². The molecular formula is C18H20ClFN4O2. The average Bonchev–Trinajstić information content (AvgIpc) is 2.95. The lowest BCUT2D eigenvalue weighted by Crippen LogP contribution is -2.33. The number of nitrogens with two attached hydrogens (primary N) is 1. The van der Waals surface area contributed by atoms with Gasteiger partial charge in [-0.05, 0) is 25.0 Å². The minimum absolute atomic E-state index is 0.00765. The third kappa shape index (κ3) is 3.95. The number of aromatic nitrogens is 2. The van der Waals surface area contributed by atoms with Crippen LogP contribution in [0.25, 0.3) is 12.2 Å². The van der Waals surface area contributed by atoms with E-state index in [0.717, 1.165) is 0 Å². The summed E-state index contributed by atoms with van der Waals surface area (Å²) >= 11 is 6.20. The highest BCUT2D eigenvalue weighted by Gasteiger charge is 2.34. The van der Waals surface area contributed by atoms with Crippen LogP contribution in [0.4, 0.5) is 16.2 Å². The predicted molar refractivity (Wildman–Crippen MR) is 100 cm³/mol. The average molecular weight is 379 g/mol. The molecule has 1 aromatic heterocycles. The molecule has 6 nitrogen and oxygen atoms in total. The van der Waals surface area contributed by atoms with Crippen LogP contribution in [-0.2, 0) is 0 Å². The first-order valence-electron chi connectivity index (χ1n) is 8.30. The van der Waals surface area contributed by atoms with Crippen molar-refractivity contribution in [2.24, 2.45) is 5.92 Å². The maximum Gasteiger partial charge on any atom is 0.223 e. The Labute approximate surface area is 155 Å². The molecule has 0 amide bonds. The third-order valence-corrected chi connectivity index (χ3v) is 4.84. The fourth-order valence-electron chi connectivity index (χ4n) is 3.10. The van der Waals surface area contributed by atoms with Gasteiger partial charge in [0.05, 0.1) is 17.7 Å². The van der Waals surface area contributed by atoms with Gasteiger partial charge in [0, 0.05) is 18.1 Å². The van der Waals surface area contributed by atoms with Crippen LogP contribution < -0.4 is 11.1 Å². The first kappa shape index (κ1) is 18.6. The van der Waals surface area contributed by atoms with Gasteiger partial charge in [0.15, 0.2) is 0 Å². The SMILES string of the molecule is Nc1nc(Cl)c(C=Cc2ccccc2F)c(NC2CCC(CO)C2O)n1. The van der Waals surface area contributed by atoms with E-state index in [-0.39, 0.29) is 35.5 Å². The number of aliphatic hydroxyl groups excluding tert-OH is 2. The van der Waals surface area contributed by atoms with Crippen molar-refractivity contribution in [2.75, 3.05) is 17.7 Å². The zero-order valence-corrected chi connectivity index (χ0v) is 14.7. The normalized spacial score (nSPS) is 22.8. The van der Waals surface area contributed by atoms with E-state index >= 15 is 0 Å². The second-order valence-electron chi connectivity index (χ2n) is 6.25. The van der Waals surface area contributed by atoms with Crippen molar-refractivity contribution in [1.82, 2.24) is 9.97 Å². The van der Waals surface area contributed by atoms with Crippen LogP contribution in [-0.4, -0.2) is 38.9 Å². The number of hydrogen-bond donors (Lipinski definition) is 4. The van der Waals surface area contributed by atoms with Gasteiger partial charge < -0.3 is 21.3 Å². The van der Waals surface area contributed by atoms with Gasteiger partial charge in [-0.3, -0.25) is 0 Å². The van der Waals surface area contributed by atoms with E-state index in [1.807, 2.05) is 0 Å². The molecule has 1 heterocycles. The van der Waals surface area contributed by atoms with Gasteiger partial charge >= 0.3 is 0 Å². The molecule has 0 bridgehead atoms. The van der Waals surface area contributed by atoms with Crippen LogP contribution in [0, 0.1) is 11.7 Å². The lowest BCUT2D eigenvalue weighted by Gasteiger charge is -2.21. The van der Waals surface area contributed by atoms with Gasteiger partial charge in [0.2, 0.25) is 5.95 Å². The number of aliphatic hydroxyl groups is 2. The molecule has 0 saturated heterocycles. The van der Waals surface area contributed by atoms with Gasteiger partial charge in [0.1, 0.15) is 16.8 Å². The minimum Gasteiger partial charge on any atom is -0.396 e. The summed E-state index contributed by atoms with van der Waals surface area (Å²) in [7, 11) is 0. The summed E-state index contributed by atoms with van der Waals surface area (Å²) in [6.45, 7) is -0.0773. The third-order valence-electron chi connectivity index (χ3n) is 4.55. The van der Waals surface area contributed by atoms with Crippen molar-refractivity contribution in [3.05, 3.63) is 46.4 Å². The molecule has 2 aromatic rings. The molecule has 0 spiro atoms. The first-order chi connectivity index (χ1) is 12.5. The van der Waals surface area contributed by atoms with Crippen LogP contribution in [0.5, 0.6) is 0 Å². The molecule has 1 aliphatic rings. The molecule has 1 aromatic carbocycles. The molecule has 5 N–H and O–H groups in total. The standard InChI is InChI=1S/C18H20ClFN4O2/c19-16-12(7-5-10-3-1-2-4-13(10)20)17(24-18(21)23-16)22-14-8-6-11(9-25)15(14)26/h1-5,7,11,14-15,25-26H,6,8-9H2,(H3,21,22,23,24). The molecule has 1 saturated carbocycles. The molecule has 26 heavy (non-hydrogen) atoms. The van der Waals surface area contributed by atoms with Crippen molar-refractivity contribution in [3.63, 3.8) is 0 Å². The molecule has 3 atom stereocenters. The van der Waals surface area contributed by atoms with Crippen molar-refractivity contribution in [2.45, 2.75) is 25.0 Å². The fourth-order valence-corrected chi connectivity index (χ4v) is 3.33. The summed E-state index contributed by atoms with van der Waals surface area (Å²) in [5, 5.41) is 22.8. The Morgan fingerprint density at radius 3 is 2.73 bits per heavy atom. The van der Waals surface area contributed by atoms with Gasteiger partial charge in [-0.25, -0.2) is 9.37 Å². The van der Waals surface area contributed by atoms with Gasteiger partial charge in [-0.2, -0.15) is 4.98 Å². The second-order valence-corrected chi connectivity index (χ2v) is 6.61. The summed E-state index contributed by atoms with van der Waals surface area (Å²) in [6.07, 6.45) is 3.84. The highest BCUT2D eigenvalue weighted by molar-refractivity contribution is 6.31. The Bertz CT molecular complexity index is 818. The fraction of sp³-hybridized carbons (Fsp3) is 0.333. The Balaban J connectivity index is 1.89. The molecule has 0 radical (unpaired) electrons. The number of anilines is 2. The van der Waals surface area contributed by atoms with Gasteiger partial charge in [-0.1, -0.05) is 35.9 Å². The predicted octanol–water partition coefficient (Wildman–Crippen LogP) is 2.57. The molecule has 8 heteroatoms. The molecule has 138 valence electrons. The Hall–Kier alpha value is -2.22. The number of nitrogens with one attached hydrogen (secondary N) is 1. The molecule has 1 fully saturated rings. The zero-order chi connectivity index (χ0) is 18.7. The second kappa shape index (κ2) is 7.99. The zero-order valence-electron chi connectivity index (χ0n) is 13.9. The highest BCUT2D eigenvalue weighted by Crippen LogP contribution is 2.31. The largest absolute Gasteiger partial charge is 0.396 e. The molecular weight excluding hydrogens is 359 g/mol. The summed E-state index contributed by atoms with van der Waals surface area (Å²) < 4.78 is 13.8. The van der Waals surface area contributed by atoms with E-state index in [9.17, 15) is 14.6 Å². The summed E-state index contributed by atoms with van der Waals surface area (Å²) in [6, 6.07) is 6.05. The number of rotatable bonds is 5. The van der Waals surface area contributed by atoms with Crippen molar-refractivity contribution in [1.29, 1.82) is 0 Å². The van der Waals surface area contributed by atoms with Crippen molar-refractivity contribution in [3.8, 4) is 0 Å². The minimum atomic E-state index is -0.710. The van der Waals surface area contributed by atoms with Crippen LogP contribution in [0.2, 0.25) is 5.15 Å². The van der Waals surface area contributed by atoms with Crippen LogP contribution in [0.15, 0.2) is 24.3 Å². The van der Waals surface area contributed by atoms with Crippen molar-refractivity contribution >= 4 is 35.5 Å². The number of hydrogen-bond acceptors (Lipinski definition) is 6. The molecule has 3 unspecified atom stereocenters. The quantitative estimate of drug-likeness (QED) is 0.596. The Kier molecular flexibility index (Phi) is 5.70. The van der Waals surface area contributed by atoms with E-state index in [2.05, 4.69) is 15.3 Å². The molecule has 0 aliphatic heterocycles. The van der Waals surface area contributed by atoms with E-state index in [1.54, 1.807) is 30.4 Å². The Morgan fingerprint density at radius 1 is 1.27 bits per heavy atom. The number of nitrogen functional groups attached to an aromatic ring is 1. The maximum atomic E-state index is 13.8. The van der Waals surface area contributed by atoms with E-state index in [4.69, 9.17) is 17.3 Å². The topological polar surface area (TPSA) is 104 Å². The monoisotopic (exact) mass is 378 g/mol. The molecule has 3 rings (SSSR count). The van der Waals surface area contributed by atoms with Gasteiger partial charge in [0.25, 0.3) is 0 Å². The smallest absolute Gasteiger partial charge is 0.223 e. The Morgan fingerprint density at radius 2 is 2.04 bits per heavy atom. The number of benzene rings is 1. The summed E-state index contributed by atoms with van der Waals surface area (Å²) in [5.74, 6) is -0.188. The molecule has 1 aliphatic carbocycles. The number of nitrogens with zero attached hydrogens (tertiary/aromatic N) is 2. The van der Waals surface area contributed by atoms with Crippen LogP contribution in [0.3, 0.4) is 0 Å². The maximum absolute atomic E-state index is 13.8. The first-order valence-corrected chi connectivity index (χ1v) is 8.68. The van der Waals surface area contributed by atoms with Crippen LogP contribution >= 0.6 is 11.6 Å². The highest BCUT2D eigenvalue weighted by atomic mass is 35.5. The van der Waals surface area contributed by atoms with E-state index < -0.39 is 6.10 Å². The lowest BCUT2D eigenvalue weighted by atomic mass is 10.1. The van der Waals surface area contributed by atoms with E-state index in [1.165, 1.54) is 6.07 Å². The summed E-state index contributed by atoms with van der Waals surface area (Å²) in [4.78, 5) is 8.11. The summed E-state index contributed by atoms with van der Waals surface area (Å²) in [5.41, 5.74) is 6.53. The lowest BCUT2D eigenvalue weighted by molar-refractivity contribution is 0.0846. The van der Waals surface area contributed by atoms with Crippen molar-refractivity contribution < 1.29 is 14.6 Å².